The van der Waals surface area contributed by atoms with Crippen LogP contribution in [-0.2, 0) is 10.3 Å². The standard InChI is InChI=1S/C16H21N3O/c1-11-7-12(2)9-13(8-11)14-10-18-15(19-14)16(17)3-5-20-6-4-16/h7-10H,3-6,17H2,1-2H3,(H,18,19). The number of nitrogens with two attached hydrogens (primary N) is 1. The van der Waals surface area contributed by atoms with Crippen molar-refractivity contribution in [1.29, 1.82) is 0 Å². The van der Waals surface area contributed by atoms with Gasteiger partial charge in [-0.05, 0) is 38.8 Å². The molecule has 2 heterocycles. The molecule has 2 aromatic rings. The van der Waals surface area contributed by atoms with E-state index < -0.39 is 0 Å². The number of ether oxygens (including phenoxy) is 1. The van der Waals surface area contributed by atoms with Gasteiger partial charge < -0.3 is 15.5 Å². The lowest BCUT2D eigenvalue weighted by Crippen LogP contribution is -2.43. The predicted molar refractivity (Wildman–Crippen MR) is 79.4 cm³/mol. The first-order chi connectivity index (χ1) is 9.57. The maximum Gasteiger partial charge on any atom is 0.127 e. The fourth-order valence-electron chi connectivity index (χ4n) is 2.82. The number of imidazole rings is 1. The van der Waals surface area contributed by atoms with Crippen molar-refractivity contribution in [3.8, 4) is 11.3 Å². The average molecular weight is 271 g/mol. The van der Waals surface area contributed by atoms with Crippen LogP contribution in [0.5, 0.6) is 0 Å². The second-order valence-corrected chi connectivity index (χ2v) is 5.78. The van der Waals surface area contributed by atoms with E-state index in [0.29, 0.717) is 13.2 Å². The van der Waals surface area contributed by atoms with Gasteiger partial charge in [0.05, 0.1) is 11.2 Å². The third-order valence-corrected chi connectivity index (χ3v) is 3.95. The molecule has 0 bridgehead atoms. The van der Waals surface area contributed by atoms with Crippen molar-refractivity contribution in [2.24, 2.45) is 5.73 Å². The highest BCUT2D eigenvalue weighted by atomic mass is 16.5. The van der Waals surface area contributed by atoms with E-state index in [0.717, 1.165) is 29.9 Å². The Morgan fingerprint density at radius 2 is 1.80 bits per heavy atom. The molecular formula is C16H21N3O. The first-order valence-electron chi connectivity index (χ1n) is 7.08. The first kappa shape index (κ1) is 13.3. The Bertz CT molecular complexity index is 592. The molecule has 0 unspecified atom stereocenters. The molecule has 3 rings (SSSR count). The average Bonchev–Trinajstić information content (AvgIpc) is 2.89. The van der Waals surface area contributed by atoms with Crippen LogP contribution in [0.15, 0.2) is 24.4 Å². The van der Waals surface area contributed by atoms with Gasteiger partial charge >= 0.3 is 0 Å². The molecule has 1 aromatic carbocycles. The van der Waals surface area contributed by atoms with Gasteiger partial charge in [0.1, 0.15) is 5.82 Å². The summed E-state index contributed by atoms with van der Waals surface area (Å²) in [5, 5.41) is 0. The minimum atomic E-state index is -0.380. The monoisotopic (exact) mass is 271 g/mol. The Morgan fingerprint density at radius 1 is 1.15 bits per heavy atom. The fraction of sp³-hybridized carbons (Fsp3) is 0.438. The third kappa shape index (κ3) is 2.49. The Hall–Kier alpha value is -1.65. The molecule has 20 heavy (non-hydrogen) atoms. The molecule has 4 heteroatoms. The van der Waals surface area contributed by atoms with Crippen LogP contribution >= 0.6 is 0 Å². The molecule has 0 atom stereocenters. The number of aryl methyl sites for hydroxylation is 2. The Labute approximate surface area is 119 Å². The number of nitrogens with zero attached hydrogens (tertiary/aromatic N) is 1. The SMILES string of the molecule is Cc1cc(C)cc(-c2c[nH]c(C3(N)CCOCC3)n2)c1. The van der Waals surface area contributed by atoms with Crippen LogP contribution in [0, 0.1) is 13.8 Å². The van der Waals surface area contributed by atoms with Crippen molar-refractivity contribution in [1.82, 2.24) is 9.97 Å². The van der Waals surface area contributed by atoms with Crippen LogP contribution in [0.2, 0.25) is 0 Å². The molecule has 1 aliphatic rings. The van der Waals surface area contributed by atoms with E-state index in [1.165, 1.54) is 11.1 Å². The number of hydrogen-bond donors (Lipinski definition) is 2. The molecule has 0 spiro atoms. The highest BCUT2D eigenvalue weighted by Crippen LogP contribution is 2.29. The zero-order valence-corrected chi connectivity index (χ0v) is 12.1. The molecule has 1 saturated heterocycles. The summed E-state index contributed by atoms with van der Waals surface area (Å²) < 4.78 is 5.39. The summed E-state index contributed by atoms with van der Waals surface area (Å²) in [6.07, 6.45) is 3.58. The van der Waals surface area contributed by atoms with E-state index in [9.17, 15) is 0 Å². The molecule has 0 radical (unpaired) electrons. The van der Waals surface area contributed by atoms with E-state index in [-0.39, 0.29) is 5.54 Å². The van der Waals surface area contributed by atoms with Crippen LogP contribution in [0.4, 0.5) is 0 Å². The number of nitrogens with one attached hydrogen (secondary N) is 1. The van der Waals surface area contributed by atoms with Crippen LogP contribution in [0.25, 0.3) is 11.3 Å². The van der Waals surface area contributed by atoms with Crippen molar-refractivity contribution in [2.75, 3.05) is 13.2 Å². The molecule has 0 amide bonds. The Morgan fingerprint density at radius 3 is 2.45 bits per heavy atom. The summed E-state index contributed by atoms with van der Waals surface area (Å²) in [6.45, 7) is 5.62. The predicted octanol–water partition coefficient (Wildman–Crippen LogP) is 2.66. The molecule has 1 aromatic heterocycles. The molecule has 3 N–H and O–H groups in total. The lowest BCUT2D eigenvalue weighted by atomic mass is 9.91. The van der Waals surface area contributed by atoms with E-state index in [4.69, 9.17) is 15.5 Å². The van der Waals surface area contributed by atoms with E-state index in [1.54, 1.807) is 0 Å². The minimum Gasteiger partial charge on any atom is -0.381 e. The number of aromatic nitrogens is 2. The molecule has 0 saturated carbocycles. The normalized spacial score (nSPS) is 18.1. The molecule has 1 fully saturated rings. The number of hydrogen-bond acceptors (Lipinski definition) is 3. The zero-order valence-electron chi connectivity index (χ0n) is 12.1. The smallest absolute Gasteiger partial charge is 0.127 e. The van der Waals surface area contributed by atoms with Gasteiger partial charge in [0, 0.05) is 25.0 Å². The van der Waals surface area contributed by atoms with Gasteiger partial charge in [0.25, 0.3) is 0 Å². The summed E-state index contributed by atoms with van der Waals surface area (Å²) in [4.78, 5) is 7.98. The van der Waals surface area contributed by atoms with Gasteiger partial charge in [-0.3, -0.25) is 0 Å². The summed E-state index contributed by atoms with van der Waals surface area (Å²) in [5.74, 6) is 0.870. The number of benzene rings is 1. The Balaban J connectivity index is 1.93. The second-order valence-electron chi connectivity index (χ2n) is 5.78. The second kappa shape index (κ2) is 5.04. The van der Waals surface area contributed by atoms with Gasteiger partial charge in [0.15, 0.2) is 0 Å². The lowest BCUT2D eigenvalue weighted by Gasteiger charge is -2.31. The summed E-state index contributed by atoms with van der Waals surface area (Å²) in [7, 11) is 0. The highest BCUT2D eigenvalue weighted by Gasteiger charge is 2.32. The third-order valence-electron chi connectivity index (χ3n) is 3.95. The minimum absolute atomic E-state index is 0.380. The van der Waals surface area contributed by atoms with Crippen LogP contribution < -0.4 is 5.73 Å². The fourth-order valence-corrected chi connectivity index (χ4v) is 2.82. The van der Waals surface area contributed by atoms with Crippen molar-refractivity contribution in [3.63, 3.8) is 0 Å². The molecule has 4 nitrogen and oxygen atoms in total. The molecule has 0 aliphatic carbocycles. The quantitative estimate of drug-likeness (QED) is 0.882. The van der Waals surface area contributed by atoms with Crippen molar-refractivity contribution in [3.05, 3.63) is 41.3 Å². The molecule has 1 aliphatic heterocycles. The van der Waals surface area contributed by atoms with Crippen molar-refractivity contribution >= 4 is 0 Å². The van der Waals surface area contributed by atoms with E-state index in [1.807, 2.05) is 6.20 Å². The largest absolute Gasteiger partial charge is 0.381 e. The van der Waals surface area contributed by atoms with Gasteiger partial charge in [-0.25, -0.2) is 4.98 Å². The van der Waals surface area contributed by atoms with E-state index >= 15 is 0 Å². The molecule has 106 valence electrons. The maximum absolute atomic E-state index is 6.46. The van der Waals surface area contributed by atoms with Gasteiger partial charge in [-0.2, -0.15) is 0 Å². The van der Waals surface area contributed by atoms with Gasteiger partial charge in [-0.1, -0.05) is 17.2 Å². The Kier molecular flexibility index (Phi) is 3.36. The number of aromatic amines is 1. The van der Waals surface area contributed by atoms with Crippen LogP contribution in [0.3, 0.4) is 0 Å². The summed E-state index contributed by atoms with van der Waals surface area (Å²) in [6, 6.07) is 6.47. The number of rotatable bonds is 2. The molecular weight excluding hydrogens is 250 g/mol. The van der Waals surface area contributed by atoms with Crippen molar-refractivity contribution < 1.29 is 4.74 Å². The zero-order chi connectivity index (χ0) is 14.2. The highest BCUT2D eigenvalue weighted by molar-refractivity contribution is 5.60. The van der Waals surface area contributed by atoms with Crippen LogP contribution in [-0.4, -0.2) is 23.2 Å². The van der Waals surface area contributed by atoms with Gasteiger partial charge in [-0.15, -0.1) is 0 Å². The van der Waals surface area contributed by atoms with Gasteiger partial charge in [0.2, 0.25) is 0 Å². The van der Waals surface area contributed by atoms with Crippen molar-refractivity contribution in [2.45, 2.75) is 32.2 Å². The summed E-state index contributed by atoms with van der Waals surface area (Å²) in [5.41, 5.74) is 10.7. The van der Waals surface area contributed by atoms with Crippen LogP contribution in [0.1, 0.15) is 29.8 Å². The van der Waals surface area contributed by atoms with E-state index in [2.05, 4.69) is 37.0 Å². The first-order valence-corrected chi connectivity index (χ1v) is 7.08. The topological polar surface area (TPSA) is 63.9 Å². The number of H-pyrrole nitrogens is 1. The summed E-state index contributed by atoms with van der Waals surface area (Å²) >= 11 is 0. The lowest BCUT2D eigenvalue weighted by molar-refractivity contribution is 0.0495. The maximum atomic E-state index is 6.46.